The number of carbonyl (C=O) groups is 1. The maximum absolute atomic E-state index is 12.3. The van der Waals surface area contributed by atoms with Crippen molar-refractivity contribution in [2.24, 2.45) is 0 Å². The molecule has 0 saturated carbocycles. The summed E-state index contributed by atoms with van der Waals surface area (Å²) in [6, 6.07) is 13.1. The van der Waals surface area contributed by atoms with Gasteiger partial charge in [0.15, 0.2) is 0 Å². The minimum atomic E-state index is -4.32. The molecule has 0 amide bonds. The molecule has 15 heteroatoms. The van der Waals surface area contributed by atoms with E-state index in [4.69, 9.17) is 10.1 Å². The highest BCUT2D eigenvalue weighted by molar-refractivity contribution is 7.94. The van der Waals surface area contributed by atoms with Crippen LogP contribution in [0, 0.1) is 0 Å². The number of carbonyl (C=O) groups excluding carboxylic acids is 1. The van der Waals surface area contributed by atoms with Gasteiger partial charge in [0.1, 0.15) is 0 Å². The molecule has 1 aromatic heterocycles. The number of likely N-dealkylation sites (N-methyl/N-ethyl adjacent to an activating group) is 1. The Morgan fingerprint density at radius 1 is 0.889 bits per heavy atom. The second kappa shape index (κ2) is 16.9. The number of hydrogen-bond acceptors (Lipinski definition) is 12. The summed E-state index contributed by atoms with van der Waals surface area (Å²) in [5.74, 6) is -1.28. The highest BCUT2D eigenvalue weighted by atomic mass is 32.2. The first kappa shape index (κ1) is 40.7. The van der Waals surface area contributed by atoms with Crippen molar-refractivity contribution in [3.63, 3.8) is 0 Å². The van der Waals surface area contributed by atoms with Crippen LogP contribution in [0.3, 0.4) is 0 Å². The van der Waals surface area contributed by atoms with Gasteiger partial charge in [0.2, 0.25) is 11.8 Å². The maximum atomic E-state index is 12.3. The van der Waals surface area contributed by atoms with Crippen LogP contribution in [0.2, 0.25) is 0 Å². The van der Waals surface area contributed by atoms with Crippen molar-refractivity contribution in [1.82, 2.24) is 4.73 Å². The van der Waals surface area contributed by atoms with Gasteiger partial charge in [-0.1, -0.05) is 75.6 Å². The van der Waals surface area contributed by atoms with E-state index in [1.54, 1.807) is 12.1 Å². The molecular weight excluding hydrogens is 735 g/mol. The summed E-state index contributed by atoms with van der Waals surface area (Å²) in [6.07, 6.45) is 16.3. The number of benzene rings is 2. The SMILES string of the molecule is CCN1C(=CC=CC=CC=CC2N(CCCCCC(=O)On3c(O)ccc3O)c3ccc(SOOO)cc3C2(C)C)C(C)(C)c2cc(S(=O)(=O)O)ccc21. The number of aromatic hydroxyl groups is 2. The van der Waals surface area contributed by atoms with Crippen molar-refractivity contribution in [2.45, 2.75) is 87.0 Å². The molecule has 2 aliphatic heterocycles. The lowest BCUT2D eigenvalue weighted by atomic mass is 9.80. The fourth-order valence-electron chi connectivity index (χ4n) is 7.23. The molecule has 13 nitrogen and oxygen atoms in total. The lowest BCUT2D eigenvalue weighted by Gasteiger charge is -2.32. The molecule has 290 valence electrons. The van der Waals surface area contributed by atoms with Gasteiger partial charge >= 0.3 is 5.97 Å². The Morgan fingerprint density at radius 3 is 2.26 bits per heavy atom. The molecule has 1 atom stereocenters. The zero-order valence-corrected chi connectivity index (χ0v) is 32.5. The third kappa shape index (κ3) is 8.72. The molecule has 0 bridgehead atoms. The molecule has 0 saturated heterocycles. The van der Waals surface area contributed by atoms with Crippen LogP contribution in [0.1, 0.15) is 71.4 Å². The van der Waals surface area contributed by atoms with Gasteiger partial charge in [-0.05, 0) is 73.4 Å². The Labute approximate surface area is 320 Å². The number of allylic oxidation sites excluding steroid dienone is 7. The molecule has 5 rings (SSSR count). The predicted octanol–water partition coefficient (Wildman–Crippen LogP) is 7.63. The molecule has 3 heterocycles. The highest BCUT2D eigenvalue weighted by Gasteiger charge is 2.43. The van der Waals surface area contributed by atoms with Crippen molar-refractivity contribution in [2.75, 3.05) is 22.9 Å². The summed E-state index contributed by atoms with van der Waals surface area (Å²) in [5, 5.41) is 31.9. The number of nitrogens with zero attached hydrogens (tertiary/aromatic N) is 3. The van der Waals surface area contributed by atoms with Crippen LogP contribution < -0.4 is 14.6 Å². The van der Waals surface area contributed by atoms with E-state index in [2.05, 4.69) is 39.1 Å². The van der Waals surface area contributed by atoms with E-state index in [0.717, 1.165) is 64.5 Å². The lowest BCUT2D eigenvalue weighted by Crippen LogP contribution is -2.40. The van der Waals surface area contributed by atoms with E-state index in [9.17, 15) is 28.0 Å². The topological polar surface area (TPSA) is 171 Å². The Kier molecular flexibility index (Phi) is 12.7. The van der Waals surface area contributed by atoms with Crippen LogP contribution >= 0.6 is 12.0 Å². The minimum absolute atomic E-state index is 0.00769. The van der Waals surface area contributed by atoms with Gasteiger partial charge in [-0.2, -0.15) is 8.42 Å². The highest BCUT2D eigenvalue weighted by Crippen LogP contribution is 2.49. The fourth-order valence-corrected chi connectivity index (χ4v) is 8.13. The molecule has 4 N–H and O–H groups in total. The second-order valence-electron chi connectivity index (χ2n) is 14.1. The number of anilines is 2. The fraction of sp³-hybridized carbons (Fsp3) is 0.359. The van der Waals surface area contributed by atoms with E-state index in [-0.39, 0.29) is 34.5 Å². The lowest BCUT2D eigenvalue weighted by molar-refractivity contribution is -0.432. The van der Waals surface area contributed by atoms with Crippen molar-refractivity contribution in [3.05, 3.63) is 108 Å². The van der Waals surface area contributed by atoms with E-state index < -0.39 is 21.5 Å². The first-order chi connectivity index (χ1) is 25.6. The minimum Gasteiger partial charge on any atom is -0.492 e. The Morgan fingerprint density at radius 2 is 1.57 bits per heavy atom. The second-order valence-corrected chi connectivity index (χ2v) is 16.3. The first-order valence-electron chi connectivity index (χ1n) is 17.6. The van der Waals surface area contributed by atoms with Crippen molar-refractivity contribution >= 4 is 39.5 Å². The molecule has 3 aromatic rings. The number of unbranched alkanes of at least 4 members (excludes halogenated alkanes) is 2. The van der Waals surface area contributed by atoms with E-state index in [1.165, 1.54) is 18.2 Å². The van der Waals surface area contributed by atoms with E-state index in [0.29, 0.717) is 17.7 Å². The van der Waals surface area contributed by atoms with Crippen LogP contribution in [0.25, 0.3) is 0 Å². The zero-order chi connectivity index (χ0) is 39.3. The summed E-state index contributed by atoms with van der Waals surface area (Å²) < 4.78 is 38.6. The summed E-state index contributed by atoms with van der Waals surface area (Å²) in [6.45, 7) is 11.9. The molecule has 1 unspecified atom stereocenters. The summed E-state index contributed by atoms with van der Waals surface area (Å²) in [4.78, 5) is 22.5. The molecule has 2 aromatic carbocycles. The molecule has 0 spiro atoms. The van der Waals surface area contributed by atoms with Gasteiger partial charge in [0.25, 0.3) is 10.1 Å². The molecule has 0 fully saturated rings. The van der Waals surface area contributed by atoms with Crippen LogP contribution in [0.15, 0.2) is 107 Å². The third-order valence-electron chi connectivity index (χ3n) is 9.95. The van der Waals surface area contributed by atoms with Crippen molar-refractivity contribution < 1.29 is 47.4 Å². The molecule has 0 aliphatic carbocycles. The van der Waals surface area contributed by atoms with Gasteiger partial charge in [-0.25, -0.2) is 10.1 Å². The zero-order valence-electron chi connectivity index (χ0n) is 30.9. The Bertz CT molecular complexity index is 2050. The van der Waals surface area contributed by atoms with Gasteiger partial charge in [0, 0.05) is 64.4 Å². The van der Waals surface area contributed by atoms with Gasteiger partial charge in [-0.15, -0.1) is 9.06 Å². The van der Waals surface area contributed by atoms with E-state index in [1.807, 2.05) is 75.4 Å². The number of aromatic nitrogens is 1. The largest absolute Gasteiger partial charge is 0.492 e. The normalized spacial score (nSPS) is 18.4. The maximum Gasteiger partial charge on any atom is 0.333 e. The van der Waals surface area contributed by atoms with Gasteiger partial charge < -0.3 is 24.9 Å². The molecule has 0 radical (unpaired) electrons. The van der Waals surface area contributed by atoms with Crippen LogP contribution in [0.4, 0.5) is 11.4 Å². The van der Waals surface area contributed by atoms with Crippen molar-refractivity contribution in [3.8, 4) is 11.8 Å². The third-order valence-corrected chi connectivity index (χ3v) is 11.4. The summed E-state index contributed by atoms with van der Waals surface area (Å²) in [7, 11) is -4.32. The summed E-state index contributed by atoms with van der Waals surface area (Å²) in [5.41, 5.74) is 4.15. The quantitative estimate of drug-likeness (QED) is 0.0280. The summed E-state index contributed by atoms with van der Waals surface area (Å²) >= 11 is 0.911. The Balaban J connectivity index is 1.26. The monoisotopic (exact) mass is 781 g/mol. The average molecular weight is 782 g/mol. The standard InChI is InChI=1S/C39H47N3O10S2/c1-6-40-31-21-19-28(54(47,48)49)26-30(31)39(4,5)33(40)15-11-8-7-9-12-16-34-38(2,3)29-25-27(53-52-51-46)18-20-32(29)41(34)24-14-10-13-17-37(45)50-42-35(43)22-23-36(42)44/h7-9,11-12,15-16,18-23,25-26,34,43-44,46H,6,10,13-14,17,24H2,1-5H3,(H,47,48,49). The first-order valence-corrected chi connectivity index (χ1v) is 19.8. The van der Waals surface area contributed by atoms with Crippen LogP contribution in [-0.4, -0.2) is 58.3 Å². The van der Waals surface area contributed by atoms with E-state index >= 15 is 0 Å². The van der Waals surface area contributed by atoms with Gasteiger partial charge in [0.05, 0.1) is 23.0 Å². The average Bonchev–Trinajstić information content (AvgIpc) is 3.64. The number of rotatable bonds is 16. The number of fused-ring (bicyclic) bond motifs is 2. The molecule has 2 aliphatic rings. The van der Waals surface area contributed by atoms with Gasteiger partial charge in [-0.3, -0.25) is 4.55 Å². The predicted molar refractivity (Wildman–Crippen MR) is 207 cm³/mol. The van der Waals surface area contributed by atoms with Crippen LogP contribution in [0.5, 0.6) is 11.8 Å². The van der Waals surface area contributed by atoms with Crippen LogP contribution in [-0.2, 0) is 35.1 Å². The smallest absolute Gasteiger partial charge is 0.333 e. The Hall–Kier alpha value is -4.51. The molecule has 54 heavy (non-hydrogen) atoms. The molecular formula is C39H47N3O10S2. The van der Waals surface area contributed by atoms with Crippen molar-refractivity contribution in [1.29, 1.82) is 0 Å². The number of hydrogen-bond donors (Lipinski definition) is 4.